The van der Waals surface area contributed by atoms with Gasteiger partial charge in [-0.05, 0) is 50.5 Å². The average molecular weight is 458 g/mol. The molecule has 168 valence electrons. The number of aryl methyl sites for hydroxylation is 1. The van der Waals surface area contributed by atoms with Crippen molar-refractivity contribution in [1.82, 2.24) is 10.3 Å². The first kappa shape index (κ1) is 23.2. The number of halogens is 1. The highest BCUT2D eigenvalue weighted by Gasteiger charge is 2.26. The molecule has 4 N–H and O–H groups in total. The maximum absolute atomic E-state index is 12.6. The Morgan fingerprint density at radius 3 is 2.75 bits per heavy atom. The Balaban J connectivity index is 1.65. The lowest BCUT2D eigenvalue weighted by Crippen LogP contribution is -2.25. The lowest BCUT2D eigenvalue weighted by molar-refractivity contribution is -0.137. The average Bonchev–Trinajstić information content (AvgIpc) is 3.19. The molecule has 1 aromatic heterocycles. The van der Waals surface area contributed by atoms with Gasteiger partial charge in [0, 0.05) is 29.2 Å². The van der Waals surface area contributed by atoms with Crippen molar-refractivity contribution in [3.8, 4) is 0 Å². The standard InChI is InChI=1S/C22H24ClN5O4/c1-12-17(11-25-28-20-15-10-14(23)7-8-16(15)27-22(20)32)26-13(2)19(12)21(31)24-9-5-3-4-6-18(29)30/h7-8,10-11,26H,3-6,9H2,1-2H3,(H,24,31)(H,29,30)(H,27,28,32). The number of carboxylic acids is 1. The minimum Gasteiger partial charge on any atom is -0.481 e. The molecule has 0 aliphatic carbocycles. The van der Waals surface area contributed by atoms with Crippen molar-refractivity contribution in [2.45, 2.75) is 39.5 Å². The minimum absolute atomic E-state index is 0.136. The van der Waals surface area contributed by atoms with Crippen LogP contribution in [-0.4, -0.2) is 46.3 Å². The highest BCUT2D eigenvalue weighted by atomic mass is 35.5. The summed E-state index contributed by atoms with van der Waals surface area (Å²) in [5.74, 6) is -1.38. The molecule has 0 saturated heterocycles. The molecule has 32 heavy (non-hydrogen) atoms. The number of nitrogens with zero attached hydrogens (tertiary/aromatic N) is 2. The van der Waals surface area contributed by atoms with Crippen LogP contribution in [0.3, 0.4) is 0 Å². The summed E-state index contributed by atoms with van der Waals surface area (Å²) in [5.41, 5.74) is 3.93. The number of H-pyrrole nitrogens is 1. The number of aromatic nitrogens is 1. The Morgan fingerprint density at radius 2 is 2.00 bits per heavy atom. The van der Waals surface area contributed by atoms with E-state index in [1.807, 2.05) is 0 Å². The van der Waals surface area contributed by atoms with Crippen molar-refractivity contribution < 1.29 is 19.5 Å². The fourth-order valence-electron chi connectivity index (χ4n) is 3.48. The van der Waals surface area contributed by atoms with E-state index in [0.29, 0.717) is 58.2 Å². The number of anilines is 1. The summed E-state index contributed by atoms with van der Waals surface area (Å²) in [4.78, 5) is 38.4. The molecule has 0 unspecified atom stereocenters. The number of carbonyl (C=O) groups is 3. The number of aliphatic carboxylic acids is 1. The zero-order chi connectivity index (χ0) is 23.3. The molecule has 0 bridgehead atoms. The van der Waals surface area contributed by atoms with Gasteiger partial charge < -0.3 is 20.7 Å². The topological polar surface area (TPSA) is 136 Å². The van der Waals surface area contributed by atoms with Crippen molar-refractivity contribution in [1.29, 1.82) is 0 Å². The Hall–Kier alpha value is -3.46. The van der Waals surface area contributed by atoms with Crippen LogP contribution in [-0.2, 0) is 9.59 Å². The van der Waals surface area contributed by atoms with Gasteiger partial charge in [0.15, 0.2) is 5.71 Å². The fraction of sp³-hybridized carbons (Fsp3) is 0.318. The summed E-state index contributed by atoms with van der Waals surface area (Å²) >= 11 is 6.01. The number of benzene rings is 1. The Bertz CT molecular complexity index is 1120. The minimum atomic E-state index is -0.812. The Labute approximate surface area is 190 Å². The predicted molar refractivity (Wildman–Crippen MR) is 123 cm³/mol. The molecule has 2 amide bonds. The summed E-state index contributed by atoms with van der Waals surface area (Å²) in [6.07, 6.45) is 3.63. The lowest BCUT2D eigenvalue weighted by Gasteiger charge is -2.05. The lowest BCUT2D eigenvalue weighted by atomic mass is 10.1. The zero-order valence-electron chi connectivity index (χ0n) is 17.8. The second-order valence-electron chi connectivity index (χ2n) is 7.46. The summed E-state index contributed by atoms with van der Waals surface area (Å²) in [7, 11) is 0. The van der Waals surface area contributed by atoms with Crippen LogP contribution in [0.1, 0.15) is 58.6 Å². The van der Waals surface area contributed by atoms with Crippen LogP contribution < -0.4 is 10.6 Å². The highest BCUT2D eigenvalue weighted by Crippen LogP contribution is 2.26. The third kappa shape index (κ3) is 5.42. The first-order chi connectivity index (χ1) is 15.3. The maximum Gasteiger partial charge on any atom is 0.303 e. The number of hydrogen-bond acceptors (Lipinski definition) is 5. The van der Waals surface area contributed by atoms with Gasteiger partial charge in [-0.3, -0.25) is 14.4 Å². The largest absolute Gasteiger partial charge is 0.481 e. The van der Waals surface area contributed by atoms with Gasteiger partial charge in [0.1, 0.15) is 0 Å². The first-order valence-electron chi connectivity index (χ1n) is 10.2. The molecule has 0 fully saturated rings. The number of carbonyl (C=O) groups excluding carboxylic acids is 2. The Kier molecular flexibility index (Phi) is 7.42. The zero-order valence-corrected chi connectivity index (χ0v) is 18.5. The van der Waals surface area contributed by atoms with Crippen molar-refractivity contribution in [3.05, 3.63) is 51.3 Å². The molecule has 1 aliphatic rings. The summed E-state index contributed by atoms with van der Waals surface area (Å²) < 4.78 is 0. The molecule has 0 atom stereocenters. The van der Waals surface area contributed by atoms with E-state index in [9.17, 15) is 14.4 Å². The quantitative estimate of drug-likeness (QED) is 0.260. The fourth-order valence-corrected chi connectivity index (χ4v) is 3.65. The highest BCUT2D eigenvalue weighted by molar-refractivity contribution is 6.54. The number of rotatable bonds is 9. The number of hydrogen-bond donors (Lipinski definition) is 4. The van der Waals surface area contributed by atoms with Crippen LogP contribution in [0.5, 0.6) is 0 Å². The molecular weight excluding hydrogens is 434 g/mol. The molecule has 1 aliphatic heterocycles. The van der Waals surface area contributed by atoms with Gasteiger partial charge in [0.25, 0.3) is 11.8 Å². The first-order valence-corrected chi connectivity index (χ1v) is 10.6. The van der Waals surface area contributed by atoms with Gasteiger partial charge in [-0.2, -0.15) is 5.10 Å². The van der Waals surface area contributed by atoms with Crippen LogP contribution in [0, 0.1) is 13.8 Å². The number of nitrogens with one attached hydrogen (secondary N) is 3. The maximum atomic E-state index is 12.6. The van der Waals surface area contributed by atoms with Gasteiger partial charge >= 0.3 is 5.97 Å². The molecule has 3 rings (SSSR count). The van der Waals surface area contributed by atoms with Gasteiger partial charge in [-0.25, -0.2) is 0 Å². The van der Waals surface area contributed by atoms with E-state index in [1.54, 1.807) is 32.0 Å². The number of carboxylic acid groups (broad SMARTS) is 1. The third-order valence-corrected chi connectivity index (χ3v) is 5.34. The third-order valence-electron chi connectivity index (χ3n) is 5.10. The Morgan fingerprint density at radius 1 is 1.22 bits per heavy atom. The summed E-state index contributed by atoms with van der Waals surface area (Å²) in [5, 5.41) is 22.8. The van der Waals surface area contributed by atoms with Crippen LogP contribution >= 0.6 is 11.6 Å². The van der Waals surface area contributed by atoms with E-state index < -0.39 is 5.97 Å². The van der Waals surface area contributed by atoms with Crippen molar-refractivity contribution in [2.75, 3.05) is 11.9 Å². The molecule has 0 spiro atoms. The van der Waals surface area contributed by atoms with Crippen LogP contribution in [0.2, 0.25) is 5.02 Å². The second kappa shape index (κ2) is 10.2. The summed E-state index contributed by atoms with van der Waals surface area (Å²) in [6, 6.07) is 5.04. The van der Waals surface area contributed by atoms with E-state index >= 15 is 0 Å². The van der Waals surface area contributed by atoms with Crippen molar-refractivity contribution >= 4 is 47.0 Å². The SMILES string of the molecule is Cc1[nH]c(C=NN=C2C(=O)Nc3ccc(Cl)cc32)c(C)c1C(=O)NCCCCCC(=O)O. The van der Waals surface area contributed by atoms with E-state index in [-0.39, 0.29) is 23.9 Å². The van der Waals surface area contributed by atoms with E-state index in [4.69, 9.17) is 16.7 Å². The van der Waals surface area contributed by atoms with E-state index in [1.165, 1.54) is 6.21 Å². The van der Waals surface area contributed by atoms with E-state index in [2.05, 4.69) is 25.8 Å². The smallest absolute Gasteiger partial charge is 0.303 e. The molecule has 2 heterocycles. The molecule has 2 aromatic rings. The number of aromatic amines is 1. The van der Waals surface area contributed by atoms with Crippen LogP contribution in [0.25, 0.3) is 0 Å². The van der Waals surface area contributed by atoms with Gasteiger partial charge in [0.05, 0.1) is 23.2 Å². The monoisotopic (exact) mass is 457 g/mol. The summed E-state index contributed by atoms with van der Waals surface area (Å²) in [6.45, 7) is 4.06. The number of fused-ring (bicyclic) bond motifs is 1. The molecular formula is C22H24ClN5O4. The normalized spacial score (nSPS) is 14.1. The van der Waals surface area contributed by atoms with Crippen LogP contribution in [0.4, 0.5) is 5.69 Å². The van der Waals surface area contributed by atoms with Crippen LogP contribution in [0.15, 0.2) is 28.4 Å². The van der Waals surface area contributed by atoms with Crippen molar-refractivity contribution in [3.63, 3.8) is 0 Å². The molecule has 0 radical (unpaired) electrons. The predicted octanol–water partition coefficient (Wildman–Crippen LogP) is 3.44. The van der Waals surface area contributed by atoms with Gasteiger partial charge in [0.2, 0.25) is 0 Å². The molecule has 0 saturated carbocycles. The number of unbranched alkanes of at least 4 members (excludes halogenated alkanes) is 2. The van der Waals surface area contributed by atoms with Gasteiger partial charge in [-0.1, -0.05) is 18.0 Å². The second-order valence-corrected chi connectivity index (χ2v) is 7.90. The van der Waals surface area contributed by atoms with Crippen molar-refractivity contribution in [2.24, 2.45) is 10.2 Å². The van der Waals surface area contributed by atoms with E-state index in [0.717, 1.165) is 6.42 Å². The molecule has 1 aromatic carbocycles. The van der Waals surface area contributed by atoms with Gasteiger partial charge in [-0.15, -0.1) is 5.10 Å². The number of amides is 2. The molecule has 9 nitrogen and oxygen atoms in total. The molecule has 10 heteroatoms.